The van der Waals surface area contributed by atoms with Crippen molar-refractivity contribution in [3.63, 3.8) is 0 Å². The van der Waals surface area contributed by atoms with Gasteiger partial charge in [-0.25, -0.2) is 0 Å². The molecule has 0 unspecified atom stereocenters. The highest BCUT2D eigenvalue weighted by Gasteiger charge is 2.16. The summed E-state index contributed by atoms with van der Waals surface area (Å²) in [7, 11) is 0. The standard InChI is InChI=1S/C12H9BrN2S/c13-10-2-1-3-11(6-10)15-8-14-7-9-4-5-16-12(9)15/h1-7H,8H2. The van der Waals surface area contributed by atoms with Crippen molar-refractivity contribution in [1.29, 1.82) is 0 Å². The van der Waals surface area contributed by atoms with Gasteiger partial charge in [-0.2, -0.15) is 0 Å². The van der Waals surface area contributed by atoms with Gasteiger partial charge in [0.15, 0.2) is 0 Å². The Bertz CT molecular complexity index is 547. The van der Waals surface area contributed by atoms with Gasteiger partial charge in [-0.1, -0.05) is 22.0 Å². The number of fused-ring (bicyclic) bond motifs is 1. The molecule has 0 bridgehead atoms. The monoisotopic (exact) mass is 292 g/mol. The van der Waals surface area contributed by atoms with Gasteiger partial charge in [0.05, 0.1) is 0 Å². The summed E-state index contributed by atoms with van der Waals surface area (Å²) < 4.78 is 1.10. The first kappa shape index (κ1) is 10.1. The topological polar surface area (TPSA) is 15.6 Å². The van der Waals surface area contributed by atoms with Crippen molar-refractivity contribution in [1.82, 2.24) is 0 Å². The van der Waals surface area contributed by atoms with E-state index in [4.69, 9.17) is 0 Å². The van der Waals surface area contributed by atoms with E-state index in [0.29, 0.717) is 6.67 Å². The summed E-state index contributed by atoms with van der Waals surface area (Å²) in [6.45, 7) is 0.698. The molecule has 0 N–H and O–H groups in total. The maximum absolute atomic E-state index is 4.37. The van der Waals surface area contributed by atoms with Crippen LogP contribution >= 0.6 is 27.3 Å². The third kappa shape index (κ3) is 1.68. The summed E-state index contributed by atoms with van der Waals surface area (Å²) in [5.74, 6) is 0. The Kier molecular flexibility index (Phi) is 2.53. The van der Waals surface area contributed by atoms with Gasteiger partial charge in [0, 0.05) is 21.9 Å². The second-order valence-electron chi connectivity index (χ2n) is 3.54. The van der Waals surface area contributed by atoms with Gasteiger partial charge < -0.3 is 4.90 Å². The van der Waals surface area contributed by atoms with Crippen LogP contribution in [0.1, 0.15) is 5.56 Å². The lowest BCUT2D eigenvalue weighted by Crippen LogP contribution is -2.20. The van der Waals surface area contributed by atoms with Gasteiger partial charge in [-0.15, -0.1) is 11.3 Å². The van der Waals surface area contributed by atoms with Crippen LogP contribution in [0.4, 0.5) is 10.7 Å². The van der Waals surface area contributed by atoms with Crippen molar-refractivity contribution >= 4 is 44.2 Å². The molecule has 0 amide bonds. The minimum atomic E-state index is 0.698. The molecular weight excluding hydrogens is 284 g/mol. The van der Waals surface area contributed by atoms with Crippen LogP contribution in [-0.4, -0.2) is 12.9 Å². The maximum atomic E-state index is 4.37. The average molecular weight is 293 g/mol. The van der Waals surface area contributed by atoms with Crippen molar-refractivity contribution in [2.24, 2.45) is 4.99 Å². The van der Waals surface area contributed by atoms with E-state index in [-0.39, 0.29) is 0 Å². The van der Waals surface area contributed by atoms with Crippen LogP contribution < -0.4 is 4.90 Å². The average Bonchev–Trinajstić information content (AvgIpc) is 2.76. The number of benzene rings is 1. The van der Waals surface area contributed by atoms with Crippen molar-refractivity contribution < 1.29 is 0 Å². The molecule has 16 heavy (non-hydrogen) atoms. The Morgan fingerprint density at radius 2 is 2.25 bits per heavy atom. The van der Waals surface area contributed by atoms with E-state index < -0.39 is 0 Å². The Balaban J connectivity index is 2.07. The van der Waals surface area contributed by atoms with E-state index in [1.807, 2.05) is 18.3 Å². The fourth-order valence-electron chi connectivity index (χ4n) is 1.76. The number of thiophene rings is 1. The van der Waals surface area contributed by atoms with Crippen LogP contribution in [0.15, 0.2) is 45.2 Å². The van der Waals surface area contributed by atoms with E-state index in [1.165, 1.54) is 16.3 Å². The van der Waals surface area contributed by atoms with Gasteiger partial charge in [0.1, 0.15) is 11.7 Å². The summed E-state index contributed by atoms with van der Waals surface area (Å²) in [6, 6.07) is 10.4. The normalized spacial score (nSPS) is 13.9. The van der Waals surface area contributed by atoms with E-state index in [9.17, 15) is 0 Å². The number of nitrogens with zero attached hydrogens (tertiary/aromatic N) is 2. The molecular formula is C12H9BrN2S. The lowest BCUT2D eigenvalue weighted by atomic mass is 10.2. The first-order valence-electron chi connectivity index (χ1n) is 4.95. The quantitative estimate of drug-likeness (QED) is 0.775. The minimum absolute atomic E-state index is 0.698. The van der Waals surface area contributed by atoms with Crippen molar-refractivity contribution in [2.75, 3.05) is 11.6 Å². The highest BCUT2D eigenvalue weighted by atomic mass is 79.9. The summed E-state index contributed by atoms with van der Waals surface area (Å²) in [5.41, 5.74) is 2.38. The molecule has 4 heteroatoms. The fourth-order valence-corrected chi connectivity index (χ4v) is 3.03. The molecule has 2 nitrogen and oxygen atoms in total. The molecule has 0 fully saturated rings. The molecule has 0 saturated heterocycles. The number of aliphatic imine (C=N–C) groups is 1. The molecule has 0 atom stereocenters. The van der Waals surface area contributed by atoms with Crippen molar-refractivity contribution in [2.45, 2.75) is 0 Å². The van der Waals surface area contributed by atoms with Crippen molar-refractivity contribution in [3.8, 4) is 0 Å². The zero-order chi connectivity index (χ0) is 11.0. The molecule has 2 aromatic rings. The molecule has 1 aliphatic rings. The molecule has 3 rings (SSSR count). The highest BCUT2D eigenvalue weighted by molar-refractivity contribution is 9.10. The largest absolute Gasteiger partial charge is 0.313 e. The summed E-state index contributed by atoms with van der Waals surface area (Å²) in [4.78, 5) is 6.60. The lowest BCUT2D eigenvalue weighted by Gasteiger charge is -2.24. The van der Waals surface area contributed by atoms with E-state index in [1.54, 1.807) is 11.3 Å². The Labute approximate surface area is 106 Å². The fraction of sp³-hybridized carbons (Fsp3) is 0.0833. The van der Waals surface area contributed by atoms with Crippen LogP contribution in [0.25, 0.3) is 0 Å². The van der Waals surface area contributed by atoms with Crippen LogP contribution in [0.3, 0.4) is 0 Å². The third-order valence-corrected chi connectivity index (χ3v) is 3.94. The molecule has 1 aliphatic heterocycles. The first-order valence-corrected chi connectivity index (χ1v) is 6.62. The summed E-state index contributed by atoms with van der Waals surface area (Å²) in [5, 5.41) is 3.38. The summed E-state index contributed by atoms with van der Waals surface area (Å²) >= 11 is 5.25. The molecule has 0 radical (unpaired) electrons. The van der Waals surface area contributed by atoms with Gasteiger partial charge in [0.25, 0.3) is 0 Å². The molecule has 0 aliphatic carbocycles. The van der Waals surface area contributed by atoms with Gasteiger partial charge in [-0.05, 0) is 29.6 Å². The first-order chi connectivity index (χ1) is 7.84. The molecule has 0 saturated carbocycles. The summed E-state index contributed by atoms with van der Waals surface area (Å²) in [6.07, 6.45) is 1.94. The zero-order valence-corrected chi connectivity index (χ0v) is 10.8. The van der Waals surface area contributed by atoms with Crippen LogP contribution in [0, 0.1) is 0 Å². The van der Waals surface area contributed by atoms with Crippen LogP contribution in [0.2, 0.25) is 0 Å². The van der Waals surface area contributed by atoms with Gasteiger partial charge >= 0.3 is 0 Å². The van der Waals surface area contributed by atoms with E-state index in [0.717, 1.165) is 4.47 Å². The molecule has 80 valence electrons. The zero-order valence-electron chi connectivity index (χ0n) is 8.43. The number of hydrogen-bond donors (Lipinski definition) is 0. The lowest BCUT2D eigenvalue weighted by molar-refractivity contribution is 0.984. The van der Waals surface area contributed by atoms with Crippen LogP contribution in [0.5, 0.6) is 0 Å². The predicted octanol–water partition coefficient (Wildman–Crippen LogP) is 4.04. The van der Waals surface area contributed by atoms with Crippen LogP contribution in [-0.2, 0) is 0 Å². The molecule has 1 aromatic heterocycles. The van der Waals surface area contributed by atoms with E-state index in [2.05, 4.69) is 49.4 Å². The number of anilines is 2. The SMILES string of the molecule is Brc1cccc(N2CN=Cc3ccsc32)c1. The number of hydrogen-bond acceptors (Lipinski definition) is 3. The Morgan fingerprint density at radius 1 is 1.31 bits per heavy atom. The number of halogens is 1. The Hall–Kier alpha value is -1.13. The van der Waals surface area contributed by atoms with Gasteiger partial charge in [0.2, 0.25) is 0 Å². The highest BCUT2D eigenvalue weighted by Crippen LogP contribution is 2.35. The molecule has 1 aromatic carbocycles. The molecule has 2 heterocycles. The Morgan fingerprint density at radius 3 is 3.12 bits per heavy atom. The third-order valence-electron chi connectivity index (χ3n) is 2.49. The smallest absolute Gasteiger partial charge is 0.115 e. The second-order valence-corrected chi connectivity index (χ2v) is 5.35. The van der Waals surface area contributed by atoms with Crippen molar-refractivity contribution in [3.05, 3.63) is 45.7 Å². The van der Waals surface area contributed by atoms with E-state index >= 15 is 0 Å². The molecule has 0 spiro atoms. The maximum Gasteiger partial charge on any atom is 0.115 e. The second kappa shape index (κ2) is 4.03. The minimum Gasteiger partial charge on any atom is -0.313 e. The van der Waals surface area contributed by atoms with Gasteiger partial charge in [-0.3, -0.25) is 4.99 Å². The predicted molar refractivity (Wildman–Crippen MR) is 73.1 cm³/mol. The number of rotatable bonds is 1.